The van der Waals surface area contributed by atoms with Gasteiger partial charge in [-0.15, -0.1) is 0 Å². The molecule has 0 aliphatic rings. The Labute approximate surface area is 214 Å². The lowest BCUT2D eigenvalue weighted by atomic mass is 10.0. The second-order valence-corrected chi connectivity index (χ2v) is 9.40. The molecular weight excluding hydrogens is 484 g/mol. The molecule has 2 aromatic rings. The Morgan fingerprint density at radius 3 is 2.28 bits per heavy atom. The number of unbranched alkanes of at least 4 members (excludes halogenated alkanes) is 1. The van der Waals surface area contributed by atoms with Gasteiger partial charge in [-0.2, -0.15) is 11.8 Å². The summed E-state index contributed by atoms with van der Waals surface area (Å²) in [5.74, 6) is -2.19. The van der Waals surface area contributed by atoms with Crippen LogP contribution in [0.5, 0.6) is 0 Å². The lowest BCUT2D eigenvalue weighted by Crippen LogP contribution is -2.56. The molecular formula is C24H36N6O5S. The number of nitrogens with two attached hydrogens (primary N) is 2. The SMILES string of the molecule is CSCCC(NC(=O)CN)C(=O)NC(CCCCN)C(=O)NC(Cc1c[nH]c2ccccc12)C(=O)O. The highest BCUT2D eigenvalue weighted by atomic mass is 32.2. The summed E-state index contributed by atoms with van der Waals surface area (Å²) in [6.45, 7) is 0.154. The average Bonchev–Trinajstić information content (AvgIpc) is 3.27. The predicted molar refractivity (Wildman–Crippen MR) is 140 cm³/mol. The van der Waals surface area contributed by atoms with Gasteiger partial charge in [-0.3, -0.25) is 14.4 Å². The maximum atomic E-state index is 13.2. The quantitative estimate of drug-likeness (QED) is 0.151. The number of aliphatic carboxylic acids is 1. The van der Waals surface area contributed by atoms with Gasteiger partial charge in [0.25, 0.3) is 0 Å². The Balaban J connectivity index is 2.15. The molecule has 11 nitrogen and oxygen atoms in total. The summed E-state index contributed by atoms with van der Waals surface area (Å²) in [7, 11) is 0. The van der Waals surface area contributed by atoms with Crippen molar-refractivity contribution in [1.29, 1.82) is 0 Å². The molecule has 0 radical (unpaired) electrons. The first kappa shape index (κ1) is 29.1. The summed E-state index contributed by atoms with van der Waals surface area (Å²) in [5.41, 5.74) is 12.6. The number of hydrogen-bond donors (Lipinski definition) is 7. The zero-order valence-electron chi connectivity index (χ0n) is 20.4. The fourth-order valence-corrected chi connectivity index (χ4v) is 4.26. The molecule has 3 amide bonds. The number of para-hydroxylation sites is 1. The van der Waals surface area contributed by atoms with E-state index in [9.17, 15) is 24.3 Å². The van der Waals surface area contributed by atoms with Crippen molar-refractivity contribution in [3.05, 3.63) is 36.0 Å². The number of aromatic amines is 1. The smallest absolute Gasteiger partial charge is 0.326 e. The van der Waals surface area contributed by atoms with Gasteiger partial charge in [0.15, 0.2) is 0 Å². The minimum absolute atomic E-state index is 0.0669. The molecule has 0 aliphatic heterocycles. The van der Waals surface area contributed by atoms with E-state index in [0.717, 1.165) is 16.5 Å². The van der Waals surface area contributed by atoms with Gasteiger partial charge in [0.2, 0.25) is 17.7 Å². The van der Waals surface area contributed by atoms with Crippen molar-refractivity contribution in [2.45, 2.75) is 50.2 Å². The number of rotatable bonds is 16. The number of amides is 3. The Kier molecular flexibility index (Phi) is 12.2. The standard InChI is InChI=1S/C24H36N6O5S/c1-36-11-9-19(28-21(31)13-26)23(33)29-18(8-4-5-10-25)22(32)30-20(24(34)35)12-15-14-27-17-7-3-2-6-16(15)17/h2-3,6-7,14,18-20,27H,4-5,8-13,25-26H2,1H3,(H,28,31)(H,29,33)(H,30,32)(H,34,35). The number of carbonyl (C=O) groups is 4. The number of nitrogens with one attached hydrogen (secondary N) is 4. The van der Waals surface area contributed by atoms with Crippen molar-refractivity contribution in [1.82, 2.24) is 20.9 Å². The maximum absolute atomic E-state index is 13.2. The average molecular weight is 521 g/mol. The van der Waals surface area contributed by atoms with Crippen LogP contribution in [0.15, 0.2) is 30.5 Å². The number of thioether (sulfide) groups is 1. The lowest BCUT2D eigenvalue weighted by Gasteiger charge is -2.24. The Morgan fingerprint density at radius 2 is 1.64 bits per heavy atom. The van der Waals surface area contributed by atoms with Crippen LogP contribution in [0.2, 0.25) is 0 Å². The second-order valence-electron chi connectivity index (χ2n) is 8.41. The van der Waals surface area contributed by atoms with Crippen LogP contribution in [0.1, 0.15) is 31.2 Å². The Morgan fingerprint density at radius 1 is 0.972 bits per heavy atom. The van der Waals surface area contributed by atoms with Crippen LogP contribution in [0, 0.1) is 0 Å². The molecule has 0 saturated heterocycles. The van der Waals surface area contributed by atoms with Crippen molar-refractivity contribution in [2.75, 3.05) is 25.1 Å². The van der Waals surface area contributed by atoms with Crippen LogP contribution >= 0.6 is 11.8 Å². The third-order valence-corrected chi connectivity index (χ3v) is 6.39. The van der Waals surface area contributed by atoms with Crippen molar-refractivity contribution in [3.63, 3.8) is 0 Å². The molecule has 0 bridgehead atoms. The first-order chi connectivity index (χ1) is 17.3. The lowest BCUT2D eigenvalue weighted by molar-refractivity contribution is -0.142. The minimum Gasteiger partial charge on any atom is -0.480 e. The van der Waals surface area contributed by atoms with Gasteiger partial charge in [-0.05, 0) is 55.9 Å². The molecule has 1 aromatic heterocycles. The zero-order valence-corrected chi connectivity index (χ0v) is 21.2. The predicted octanol–water partition coefficient (Wildman–Crippen LogP) is 0.0902. The molecule has 3 atom stereocenters. The van der Waals surface area contributed by atoms with Crippen LogP contribution in [0.4, 0.5) is 0 Å². The summed E-state index contributed by atoms with van der Waals surface area (Å²) in [6.07, 6.45) is 5.49. The van der Waals surface area contributed by atoms with Crippen molar-refractivity contribution in [2.24, 2.45) is 11.5 Å². The van der Waals surface area contributed by atoms with Gasteiger partial charge in [0.1, 0.15) is 18.1 Å². The molecule has 9 N–H and O–H groups in total. The van der Waals surface area contributed by atoms with Crippen molar-refractivity contribution < 1.29 is 24.3 Å². The highest BCUT2D eigenvalue weighted by Gasteiger charge is 2.29. The highest BCUT2D eigenvalue weighted by molar-refractivity contribution is 7.98. The number of hydrogen-bond acceptors (Lipinski definition) is 7. The zero-order chi connectivity index (χ0) is 26.5. The number of carboxylic acid groups (broad SMARTS) is 1. The van der Waals surface area contributed by atoms with E-state index in [-0.39, 0.29) is 19.4 Å². The van der Waals surface area contributed by atoms with E-state index in [1.807, 2.05) is 30.5 Å². The van der Waals surface area contributed by atoms with E-state index in [0.29, 0.717) is 31.6 Å². The fourth-order valence-electron chi connectivity index (χ4n) is 3.78. The number of carbonyl (C=O) groups excluding carboxylic acids is 3. The monoisotopic (exact) mass is 520 g/mol. The summed E-state index contributed by atoms with van der Waals surface area (Å²) >= 11 is 1.51. The minimum atomic E-state index is -1.20. The number of carboxylic acids is 1. The summed E-state index contributed by atoms with van der Waals surface area (Å²) < 4.78 is 0. The summed E-state index contributed by atoms with van der Waals surface area (Å²) in [4.78, 5) is 53.0. The molecule has 0 aliphatic carbocycles. The van der Waals surface area contributed by atoms with E-state index in [1.54, 1.807) is 6.20 Å². The summed E-state index contributed by atoms with van der Waals surface area (Å²) in [6, 6.07) is 4.44. The van der Waals surface area contributed by atoms with E-state index in [2.05, 4.69) is 20.9 Å². The Bertz CT molecular complexity index is 1030. The van der Waals surface area contributed by atoms with Crippen LogP contribution in [-0.2, 0) is 25.6 Å². The second kappa shape index (κ2) is 15.1. The van der Waals surface area contributed by atoms with Crippen molar-refractivity contribution >= 4 is 46.4 Å². The van der Waals surface area contributed by atoms with Crippen LogP contribution in [0.25, 0.3) is 10.9 Å². The van der Waals surface area contributed by atoms with Crippen molar-refractivity contribution in [3.8, 4) is 0 Å². The van der Waals surface area contributed by atoms with E-state index < -0.39 is 41.8 Å². The van der Waals surface area contributed by atoms with E-state index >= 15 is 0 Å². The molecule has 198 valence electrons. The normalized spacial score (nSPS) is 13.5. The van der Waals surface area contributed by atoms with Gasteiger partial charge >= 0.3 is 5.97 Å². The van der Waals surface area contributed by atoms with Crippen LogP contribution < -0.4 is 27.4 Å². The number of H-pyrrole nitrogens is 1. The van der Waals surface area contributed by atoms with Gasteiger partial charge < -0.3 is 37.5 Å². The van der Waals surface area contributed by atoms with E-state index in [1.165, 1.54) is 11.8 Å². The molecule has 12 heteroatoms. The fraction of sp³-hybridized carbons (Fsp3) is 0.500. The number of aromatic nitrogens is 1. The molecule has 1 heterocycles. The largest absolute Gasteiger partial charge is 0.480 e. The van der Waals surface area contributed by atoms with E-state index in [4.69, 9.17) is 11.5 Å². The Hall–Kier alpha value is -3.09. The van der Waals surface area contributed by atoms with Gasteiger partial charge in [-0.1, -0.05) is 18.2 Å². The molecule has 2 rings (SSSR count). The van der Waals surface area contributed by atoms with Gasteiger partial charge in [-0.25, -0.2) is 4.79 Å². The van der Waals surface area contributed by atoms with Gasteiger partial charge in [0, 0.05) is 23.5 Å². The molecule has 0 saturated carbocycles. The highest BCUT2D eigenvalue weighted by Crippen LogP contribution is 2.19. The van der Waals surface area contributed by atoms with Gasteiger partial charge in [0.05, 0.1) is 6.54 Å². The first-order valence-electron chi connectivity index (χ1n) is 11.9. The topological polar surface area (TPSA) is 192 Å². The molecule has 36 heavy (non-hydrogen) atoms. The van der Waals surface area contributed by atoms with Crippen LogP contribution in [0.3, 0.4) is 0 Å². The third-order valence-electron chi connectivity index (χ3n) is 5.74. The number of benzene rings is 1. The molecule has 0 spiro atoms. The maximum Gasteiger partial charge on any atom is 0.326 e. The first-order valence-corrected chi connectivity index (χ1v) is 13.3. The molecule has 3 unspecified atom stereocenters. The molecule has 0 fully saturated rings. The number of fused-ring (bicyclic) bond motifs is 1. The third kappa shape index (κ3) is 8.85. The van der Waals surface area contributed by atoms with Crippen LogP contribution in [-0.4, -0.2) is 77.0 Å². The summed E-state index contributed by atoms with van der Waals surface area (Å²) in [5, 5.41) is 18.5. The molecule has 1 aromatic carbocycles.